The zero-order valence-electron chi connectivity index (χ0n) is 13.4. The molecule has 0 radical (unpaired) electrons. The van der Waals surface area contributed by atoms with Crippen molar-refractivity contribution in [3.63, 3.8) is 0 Å². The van der Waals surface area contributed by atoms with E-state index < -0.39 is 10.1 Å². The van der Waals surface area contributed by atoms with Crippen LogP contribution < -0.4 is 40.2 Å². The molecule has 0 bridgehead atoms. The third-order valence-electron chi connectivity index (χ3n) is 3.79. The SMILES string of the molecule is CCCCCCCCC1Nc2cccc(S(=O)(=O)[O-])c2N1.[Na+]. The minimum absolute atomic E-state index is 0. The number of hydrogen-bond donors (Lipinski definition) is 2. The van der Waals surface area contributed by atoms with Gasteiger partial charge >= 0.3 is 29.6 Å². The minimum Gasteiger partial charge on any atom is -0.744 e. The van der Waals surface area contributed by atoms with Crippen LogP contribution in [-0.4, -0.2) is 19.1 Å². The Morgan fingerprint density at radius 1 is 1.09 bits per heavy atom. The van der Waals surface area contributed by atoms with Gasteiger partial charge in [-0.1, -0.05) is 45.1 Å². The number of para-hydroxylation sites is 1. The second kappa shape index (κ2) is 9.13. The van der Waals surface area contributed by atoms with Gasteiger partial charge in [0.1, 0.15) is 10.1 Å². The third-order valence-corrected chi connectivity index (χ3v) is 4.67. The molecule has 2 rings (SSSR count). The van der Waals surface area contributed by atoms with Crippen LogP contribution in [0.25, 0.3) is 0 Å². The summed E-state index contributed by atoms with van der Waals surface area (Å²) in [5.74, 6) is 0. The van der Waals surface area contributed by atoms with Crippen LogP contribution in [0.2, 0.25) is 0 Å². The molecule has 7 heteroatoms. The molecular weight excluding hydrogens is 311 g/mol. The molecule has 0 spiro atoms. The van der Waals surface area contributed by atoms with Gasteiger partial charge in [0.2, 0.25) is 0 Å². The van der Waals surface area contributed by atoms with Gasteiger partial charge < -0.3 is 15.2 Å². The fourth-order valence-electron chi connectivity index (χ4n) is 2.68. The second-order valence-electron chi connectivity index (χ2n) is 5.53. The summed E-state index contributed by atoms with van der Waals surface area (Å²) in [4.78, 5) is -0.169. The fraction of sp³-hybridized carbons (Fsp3) is 0.600. The Kier molecular flexibility index (Phi) is 8.21. The second-order valence-corrected chi connectivity index (χ2v) is 6.88. The number of nitrogens with one attached hydrogen (secondary N) is 2. The largest absolute Gasteiger partial charge is 1.00 e. The summed E-state index contributed by atoms with van der Waals surface area (Å²) in [7, 11) is -4.44. The Balaban J connectivity index is 0.00000242. The van der Waals surface area contributed by atoms with E-state index >= 15 is 0 Å². The summed E-state index contributed by atoms with van der Waals surface area (Å²) in [5, 5.41) is 6.36. The first kappa shape index (κ1) is 19.8. The van der Waals surface area contributed by atoms with Crippen LogP contribution in [0.5, 0.6) is 0 Å². The first-order valence-electron chi connectivity index (χ1n) is 7.64. The molecule has 0 amide bonds. The number of unbranched alkanes of at least 4 members (excludes halogenated alkanes) is 5. The van der Waals surface area contributed by atoms with Crippen LogP contribution in [0.1, 0.15) is 51.9 Å². The Labute approximate surface area is 155 Å². The maximum absolute atomic E-state index is 11.2. The molecule has 0 fully saturated rings. The van der Waals surface area contributed by atoms with Gasteiger partial charge in [-0.3, -0.25) is 0 Å². The Hall–Kier alpha value is -0.270. The van der Waals surface area contributed by atoms with Gasteiger partial charge in [-0.15, -0.1) is 0 Å². The Morgan fingerprint density at radius 3 is 2.45 bits per heavy atom. The third kappa shape index (κ3) is 5.42. The van der Waals surface area contributed by atoms with E-state index in [4.69, 9.17) is 0 Å². The summed E-state index contributed by atoms with van der Waals surface area (Å²) in [6.45, 7) is 2.20. The van der Waals surface area contributed by atoms with Crippen molar-refractivity contribution in [2.24, 2.45) is 0 Å². The van der Waals surface area contributed by atoms with Gasteiger partial charge in [0.05, 0.1) is 22.4 Å². The summed E-state index contributed by atoms with van der Waals surface area (Å²) in [6, 6.07) is 4.73. The predicted octanol–water partition coefficient (Wildman–Crippen LogP) is 0.509. The molecular formula is C15H23N2NaO3S. The van der Waals surface area contributed by atoms with Crippen LogP contribution >= 0.6 is 0 Å². The smallest absolute Gasteiger partial charge is 0.744 e. The van der Waals surface area contributed by atoms with E-state index in [0.29, 0.717) is 11.4 Å². The molecule has 118 valence electrons. The van der Waals surface area contributed by atoms with Crippen LogP contribution in [0.3, 0.4) is 0 Å². The monoisotopic (exact) mass is 334 g/mol. The molecule has 0 saturated carbocycles. The van der Waals surface area contributed by atoms with Gasteiger partial charge in [0.15, 0.2) is 0 Å². The molecule has 1 heterocycles. The van der Waals surface area contributed by atoms with Crippen molar-refractivity contribution in [1.82, 2.24) is 0 Å². The molecule has 1 aliphatic rings. The van der Waals surface area contributed by atoms with Gasteiger partial charge in [-0.25, -0.2) is 8.42 Å². The van der Waals surface area contributed by atoms with Crippen molar-refractivity contribution in [3.05, 3.63) is 18.2 Å². The minimum atomic E-state index is -4.44. The van der Waals surface area contributed by atoms with E-state index in [9.17, 15) is 13.0 Å². The number of fused-ring (bicyclic) bond motifs is 1. The molecule has 2 N–H and O–H groups in total. The molecule has 1 aliphatic heterocycles. The van der Waals surface area contributed by atoms with Crippen molar-refractivity contribution >= 4 is 21.5 Å². The zero-order chi connectivity index (χ0) is 15.3. The average Bonchev–Trinajstić information content (AvgIpc) is 2.84. The van der Waals surface area contributed by atoms with Crippen molar-refractivity contribution in [2.45, 2.75) is 62.9 Å². The van der Waals surface area contributed by atoms with Gasteiger partial charge in [0, 0.05) is 0 Å². The van der Waals surface area contributed by atoms with E-state index in [1.807, 2.05) is 0 Å². The van der Waals surface area contributed by atoms with E-state index in [1.54, 1.807) is 12.1 Å². The molecule has 0 aromatic heterocycles. The standard InChI is InChI=1S/C15H24N2O3S.Na/c1-2-3-4-5-6-7-11-14-16-12-9-8-10-13(15(12)17-14)21(18,19)20;/h8-10,14,16-17H,2-7,11H2,1H3,(H,18,19,20);/q;+1/p-1. The van der Waals surface area contributed by atoms with Crippen LogP contribution in [-0.2, 0) is 10.1 Å². The average molecular weight is 334 g/mol. The summed E-state index contributed by atoms with van der Waals surface area (Å²) in [5.41, 5.74) is 1.12. The van der Waals surface area contributed by atoms with Crippen LogP contribution in [0, 0.1) is 0 Å². The van der Waals surface area contributed by atoms with Crippen LogP contribution in [0.15, 0.2) is 23.1 Å². The maximum atomic E-state index is 11.2. The molecule has 1 atom stereocenters. The molecule has 0 aliphatic carbocycles. The molecule has 1 aromatic rings. The number of rotatable bonds is 8. The van der Waals surface area contributed by atoms with E-state index in [1.165, 1.54) is 38.2 Å². The topological polar surface area (TPSA) is 81.3 Å². The normalized spacial score (nSPS) is 16.4. The van der Waals surface area contributed by atoms with E-state index in [-0.39, 0.29) is 40.6 Å². The summed E-state index contributed by atoms with van der Waals surface area (Å²) >= 11 is 0. The number of benzene rings is 1. The summed E-state index contributed by atoms with van der Waals surface area (Å²) < 4.78 is 33.7. The zero-order valence-corrected chi connectivity index (χ0v) is 16.2. The van der Waals surface area contributed by atoms with Crippen molar-refractivity contribution in [2.75, 3.05) is 10.6 Å². The molecule has 0 saturated heterocycles. The molecule has 1 aromatic carbocycles. The Bertz CT molecular complexity index is 578. The maximum Gasteiger partial charge on any atom is 1.00 e. The van der Waals surface area contributed by atoms with Crippen LogP contribution in [0.4, 0.5) is 11.4 Å². The Morgan fingerprint density at radius 2 is 1.77 bits per heavy atom. The first-order valence-corrected chi connectivity index (χ1v) is 9.05. The summed E-state index contributed by atoms with van der Waals surface area (Å²) in [6.07, 6.45) is 8.25. The fourth-order valence-corrected chi connectivity index (χ4v) is 3.34. The van der Waals surface area contributed by atoms with Gasteiger partial charge in [-0.05, 0) is 25.0 Å². The number of anilines is 2. The van der Waals surface area contributed by atoms with Gasteiger partial charge in [0.25, 0.3) is 0 Å². The van der Waals surface area contributed by atoms with E-state index in [2.05, 4.69) is 17.6 Å². The first-order chi connectivity index (χ1) is 10.0. The number of hydrogen-bond acceptors (Lipinski definition) is 5. The molecule has 22 heavy (non-hydrogen) atoms. The van der Waals surface area contributed by atoms with Gasteiger partial charge in [-0.2, -0.15) is 0 Å². The molecule has 1 unspecified atom stereocenters. The molecule has 5 nitrogen and oxygen atoms in total. The van der Waals surface area contributed by atoms with E-state index in [0.717, 1.165) is 12.8 Å². The predicted molar refractivity (Wildman–Crippen MR) is 83.4 cm³/mol. The van der Waals surface area contributed by atoms with Crippen molar-refractivity contribution in [3.8, 4) is 0 Å². The van der Waals surface area contributed by atoms with Crippen molar-refractivity contribution < 1.29 is 42.5 Å². The quantitative estimate of drug-likeness (QED) is 0.411. The van der Waals surface area contributed by atoms with Crippen molar-refractivity contribution in [1.29, 1.82) is 0 Å².